The van der Waals surface area contributed by atoms with Gasteiger partial charge in [0.15, 0.2) is 0 Å². The van der Waals surface area contributed by atoms with Crippen LogP contribution in [0.3, 0.4) is 0 Å². The molecule has 3 aliphatic rings. The van der Waals surface area contributed by atoms with Crippen molar-refractivity contribution in [2.45, 2.75) is 76.4 Å². The van der Waals surface area contributed by atoms with Gasteiger partial charge in [0.1, 0.15) is 18.2 Å². The molecule has 3 heterocycles. The Morgan fingerprint density at radius 1 is 1.08 bits per heavy atom. The van der Waals surface area contributed by atoms with Gasteiger partial charge < -0.3 is 20.3 Å². The quantitative estimate of drug-likeness (QED) is 0.422. The summed E-state index contributed by atoms with van der Waals surface area (Å²) in [4.78, 5) is 57.4. The number of hydrogen-bond acceptors (Lipinski definition) is 7. The van der Waals surface area contributed by atoms with E-state index in [1.807, 2.05) is 30.3 Å². The maximum atomic E-state index is 12.9. The average molecular weight is 503 g/mol. The summed E-state index contributed by atoms with van der Waals surface area (Å²) in [5.74, 6) is -0.882. The lowest BCUT2D eigenvalue weighted by Gasteiger charge is -2.29. The van der Waals surface area contributed by atoms with Gasteiger partial charge in [-0.25, -0.2) is 9.59 Å². The van der Waals surface area contributed by atoms with Crippen LogP contribution in [0.4, 0.5) is 9.59 Å². The summed E-state index contributed by atoms with van der Waals surface area (Å²) in [6.07, 6.45) is 0.888. The molecular formula is C24H34N6O6. The van der Waals surface area contributed by atoms with E-state index < -0.39 is 35.6 Å². The molecule has 4 rings (SSSR count). The standard InChI is InChI=1S/C24H34N6O6/c1-24(2,3)36-22(33)26-16-11-18(25-12-16)20(31)27-28-21(32)19-10-9-17-13-29(19)23(34)30(17)35-14-15-7-5-4-6-8-15/h4-8,16-19,25H,9-14H2,1-3H3,(H,26,33)(H,27,31)(H,28,32)/t16-,17-,18-,19+/m1/s1. The number of carbonyl (C=O) groups excluding carboxylic acids is 4. The predicted molar refractivity (Wildman–Crippen MR) is 128 cm³/mol. The molecule has 0 spiro atoms. The smallest absolute Gasteiger partial charge is 0.407 e. The van der Waals surface area contributed by atoms with Crippen LogP contribution in [0.25, 0.3) is 0 Å². The summed E-state index contributed by atoms with van der Waals surface area (Å²) in [6, 6.07) is 7.53. The van der Waals surface area contributed by atoms with Gasteiger partial charge in [-0.2, -0.15) is 5.06 Å². The molecule has 0 unspecified atom stereocenters. The van der Waals surface area contributed by atoms with Gasteiger partial charge in [0, 0.05) is 19.1 Å². The van der Waals surface area contributed by atoms with E-state index in [-0.39, 0.29) is 24.7 Å². The van der Waals surface area contributed by atoms with Crippen molar-refractivity contribution in [3.8, 4) is 0 Å². The van der Waals surface area contributed by atoms with Crippen LogP contribution < -0.4 is 21.5 Å². The number of hydrazine groups is 1. The highest BCUT2D eigenvalue weighted by Crippen LogP contribution is 2.30. The Labute approximate surface area is 209 Å². The minimum atomic E-state index is -0.697. The van der Waals surface area contributed by atoms with Crippen LogP contribution in [-0.2, 0) is 25.8 Å². The van der Waals surface area contributed by atoms with E-state index in [0.29, 0.717) is 32.4 Å². The lowest BCUT2D eigenvalue weighted by atomic mass is 10.0. The number of urea groups is 1. The van der Waals surface area contributed by atoms with E-state index in [2.05, 4.69) is 21.5 Å². The number of carbonyl (C=O) groups is 4. The van der Waals surface area contributed by atoms with E-state index in [4.69, 9.17) is 9.57 Å². The minimum absolute atomic E-state index is 0.114. The summed E-state index contributed by atoms with van der Waals surface area (Å²) in [7, 11) is 0. The molecule has 0 radical (unpaired) electrons. The molecule has 196 valence electrons. The van der Waals surface area contributed by atoms with Gasteiger partial charge in [0.25, 0.3) is 11.8 Å². The number of amides is 5. The Morgan fingerprint density at radius 2 is 1.81 bits per heavy atom. The van der Waals surface area contributed by atoms with Crippen molar-refractivity contribution in [3.63, 3.8) is 0 Å². The highest BCUT2D eigenvalue weighted by atomic mass is 16.7. The number of fused-ring (bicyclic) bond motifs is 2. The Kier molecular flexibility index (Phi) is 7.65. The van der Waals surface area contributed by atoms with Crippen molar-refractivity contribution < 1.29 is 28.8 Å². The molecule has 36 heavy (non-hydrogen) atoms. The van der Waals surface area contributed by atoms with Crippen LogP contribution in [-0.4, -0.2) is 76.8 Å². The molecule has 1 aromatic rings. The predicted octanol–water partition coefficient (Wildman–Crippen LogP) is 0.789. The number of nitrogens with one attached hydrogen (secondary N) is 4. The molecule has 0 aromatic heterocycles. The first-order valence-corrected chi connectivity index (χ1v) is 12.2. The molecule has 2 bridgehead atoms. The number of hydroxylamine groups is 2. The highest BCUT2D eigenvalue weighted by Gasteiger charge is 2.48. The first-order chi connectivity index (χ1) is 17.1. The molecule has 3 fully saturated rings. The lowest BCUT2D eigenvalue weighted by Crippen LogP contribution is -2.56. The monoisotopic (exact) mass is 502 g/mol. The van der Waals surface area contributed by atoms with Crippen molar-refractivity contribution in [3.05, 3.63) is 35.9 Å². The van der Waals surface area contributed by atoms with E-state index in [0.717, 1.165) is 5.56 Å². The summed E-state index contributed by atoms with van der Waals surface area (Å²) in [5.41, 5.74) is 5.22. The van der Waals surface area contributed by atoms with Gasteiger partial charge in [-0.05, 0) is 45.6 Å². The molecular weight excluding hydrogens is 468 g/mol. The number of nitrogens with zero attached hydrogens (tertiary/aromatic N) is 2. The first kappa shape index (κ1) is 25.7. The van der Waals surface area contributed by atoms with Gasteiger partial charge >= 0.3 is 12.1 Å². The molecule has 4 atom stereocenters. The Hall–Kier alpha value is -3.38. The summed E-state index contributed by atoms with van der Waals surface area (Å²) >= 11 is 0. The fourth-order valence-electron chi connectivity index (χ4n) is 4.60. The van der Waals surface area contributed by atoms with E-state index >= 15 is 0 Å². The third kappa shape index (κ3) is 6.24. The van der Waals surface area contributed by atoms with Crippen molar-refractivity contribution in [1.82, 2.24) is 31.4 Å². The molecule has 0 aliphatic carbocycles. The number of ether oxygens (including phenoxy) is 1. The van der Waals surface area contributed by atoms with Gasteiger partial charge in [0.2, 0.25) is 0 Å². The third-order valence-corrected chi connectivity index (χ3v) is 6.32. The van der Waals surface area contributed by atoms with Crippen LogP contribution in [0.15, 0.2) is 30.3 Å². The Morgan fingerprint density at radius 3 is 2.53 bits per heavy atom. The number of alkyl carbamates (subject to hydrolysis) is 1. The summed E-state index contributed by atoms with van der Waals surface area (Å²) < 4.78 is 5.24. The second-order valence-corrected chi connectivity index (χ2v) is 10.3. The molecule has 5 amide bonds. The molecule has 0 saturated carbocycles. The minimum Gasteiger partial charge on any atom is -0.444 e. The number of hydrogen-bond donors (Lipinski definition) is 4. The number of piperidine rings is 1. The molecule has 4 N–H and O–H groups in total. The first-order valence-electron chi connectivity index (χ1n) is 12.2. The summed E-state index contributed by atoms with van der Waals surface area (Å²) in [6.45, 7) is 6.38. The zero-order valence-electron chi connectivity index (χ0n) is 20.8. The van der Waals surface area contributed by atoms with E-state index in [1.165, 1.54) is 9.96 Å². The normalized spacial score (nSPS) is 25.5. The largest absolute Gasteiger partial charge is 0.444 e. The van der Waals surface area contributed by atoms with Crippen molar-refractivity contribution in [2.75, 3.05) is 13.1 Å². The molecule has 1 aromatic carbocycles. The van der Waals surface area contributed by atoms with Crippen molar-refractivity contribution in [1.29, 1.82) is 0 Å². The second kappa shape index (κ2) is 10.7. The lowest BCUT2D eigenvalue weighted by molar-refractivity contribution is -0.140. The Balaban J connectivity index is 1.22. The van der Waals surface area contributed by atoms with Crippen molar-refractivity contribution >= 4 is 23.9 Å². The molecule has 3 aliphatic heterocycles. The molecule has 3 saturated heterocycles. The van der Waals surface area contributed by atoms with E-state index in [9.17, 15) is 19.2 Å². The average Bonchev–Trinajstić information content (AvgIpc) is 3.38. The topological polar surface area (TPSA) is 141 Å². The van der Waals surface area contributed by atoms with Gasteiger partial charge in [-0.15, -0.1) is 0 Å². The highest BCUT2D eigenvalue weighted by molar-refractivity contribution is 5.91. The van der Waals surface area contributed by atoms with E-state index in [1.54, 1.807) is 20.8 Å². The third-order valence-electron chi connectivity index (χ3n) is 6.32. The van der Waals surface area contributed by atoms with Crippen LogP contribution in [0, 0.1) is 0 Å². The summed E-state index contributed by atoms with van der Waals surface area (Å²) in [5, 5.41) is 7.12. The molecule has 12 nitrogen and oxygen atoms in total. The SMILES string of the molecule is CC(C)(C)OC(=O)N[C@H]1CN[C@@H](C(=O)NNC(=O)[C@@H]2CC[C@@H]3CN2C(=O)N3OCc2ccccc2)C1. The van der Waals surface area contributed by atoms with Crippen LogP contribution >= 0.6 is 0 Å². The number of rotatable bonds is 6. The zero-order valence-corrected chi connectivity index (χ0v) is 20.8. The number of benzene rings is 1. The maximum Gasteiger partial charge on any atom is 0.407 e. The molecule has 12 heteroatoms. The fourth-order valence-corrected chi connectivity index (χ4v) is 4.60. The zero-order chi connectivity index (χ0) is 25.9. The van der Waals surface area contributed by atoms with Crippen LogP contribution in [0.5, 0.6) is 0 Å². The van der Waals surface area contributed by atoms with Gasteiger partial charge in [-0.3, -0.25) is 25.3 Å². The Bertz CT molecular complexity index is 983. The van der Waals surface area contributed by atoms with Crippen LogP contribution in [0.1, 0.15) is 45.6 Å². The van der Waals surface area contributed by atoms with Gasteiger partial charge in [-0.1, -0.05) is 30.3 Å². The fraction of sp³-hybridized carbons (Fsp3) is 0.583. The van der Waals surface area contributed by atoms with Crippen molar-refractivity contribution in [2.24, 2.45) is 0 Å². The maximum absolute atomic E-state index is 12.9. The second-order valence-electron chi connectivity index (χ2n) is 10.3. The van der Waals surface area contributed by atoms with Crippen LogP contribution in [0.2, 0.25) is 0 Å². The van der Waals surface area contributed by atoms with Gasteiger partial charge in [0.05, 0.1) is 12.1 Å².